The third kappa shape index (κ3) is 3.92. The predicted octanol–water partition coefficient (Wildman–Crippen LogP) is 1.06. The Morgan fingerprint density at radius 3 is 2.56 bits per heavy atom. The molecule has 0 saturated heterocycles. The molecule has 0 unspecified atom stereocenters. The smallest absolute Gasteiger partial charge is 0.239 e. The fourth-order valence-corrected chi connectivity index (χ4v) is 1.41. The normalized spacial score (nSPS) is 11.3. The van der Waals surface area contributed by atoms with Crippen LogP contribution in [0.3, 0.4) is 0 Å². The molecule has 5 nitrogen and oxygen atoms in total. The van der Waals surface area contributed by atoms with Crippen molar-refractivity contribution >= 4 is 11.6 Å². The van der Waals surface area contributed by atoms with Crippen LogP contribution in [0.2, 0.25) is 0 Å². The summed E-state index contributed by atoms with van der Waals surface area (Å²) in [4.78, 5) is 11.5. The van der Waals surface area contributed by atoms with E-state index in [1.165, 1.54) is 0 Å². The highest BCUT2D eigenvalue weighted by Gasteiger charge is 2.13. The lowest BCUT2D eigenvalue weighted by molar-refractivity contribution is -0.120. The van der Waals surface area contributed by atoms with Crippen molar-refractivity contribution in [1.29, 1.82) is 0 Å². The summed E-state index contributed by atoms with van der Waals surface area (Å²) < 4.78 is 1.72. The molecule has 0 saturated carbocycles. The standard InChI is InChI=1S/C11H20N4O/c1-8-9(7-15(5)14-8)12-6-10(16)13-11(2,3)4/h7,12H,6H2,1-5H3,(H,13,16). The molecule has 0 aromatic carbocycles. The molecule has 1 aromatic rings. The summed E-state index contributed by atoms with van der Waals surface area (Å²) in [5.41, 5.74) is 1.60. The van der Waals surface area contributed by atoms with Crippen LogP contribution < -0.4 is 10.6 Å². The van der Waals surface area contributed by atoms with Crippen LogP contribution in [0.5, 0.6) is 0 Å². The number of amides is 1. The molecule has 2 N–H and O–H groups in total. The first-order valence-electron chi connectivity index (χ1n) is 5.33. The van der Waals surface area contributed by atoms with Gasteiger partial charge in [-0.05, 0) is 27.7 Å². The van der Waals surface area contributed by atoms with Crippen LogP contribution in [-0.4, -0.2) is 27.8 Å². The summed E-state index contributed by atoms with van der Waals surface area (Å²) in [5, 5.41) is 10.1. The van der Waals surface area contributed by atoms with Crippen molar-refractivity contribution in [3.05, 3.63) is 11.9 Å². The summed E-state index contributed by atoms with van der Waals surface area (Å²) >= 11 is 0. The first-order valence-corrected chi connectivity index (χ1v) is 5.33. The maximum atomic E-state index is 11.5. The Morgan fingerprint density at radius 2 is 2.12 bits per heavy atom. The van der Waals surface area contributed by atoms with Gasteiger partial charge in [0.1, 0.15) is 0 Å². The van der Waals surface area contributed by atoms with E-state index in [0.717, 1.165) is 11.4 Å². The number of hydrogen-bond donors (Lipinski definition) is 2. The topological polar surface area (TPSA) is 59.0 Å². The maximum absolute atomic E-state index is 11.5. The highest BCUT2D eigenvalue weighted by Crippen LogP contribution is 2.10. The van der Waals surface area contributed by atoms with Crippen molar-refractivity contribution in [1.82, 2.24) is 15.1 Å². The largest absolute Gasteiger partial charge is 0.373 e. The molecule has 0 aliphatic carbocycles. The Labute approximate surface area is 96.2 Å². The van der Waals surface area contributed by atoms with E-state index < -0.39 is 0 Å². The van der Waals surface area contributed by atoms with Gasteiger partial charge in [-0.15, -0.1) is 0 Å². The minimum absolute atomic E-state index is 0.0178. The molecule has 0 bridgehead atoms. The third-order valence-electron chi connectivity index (χ3n) is 1.97. The van der Waals surface area contributed by atoms with Crippen molar-refractivity contribution in [2.24, 2.45) is 7.05 Å². The van der Waals surface area contributed by atoms with Crippen molar-refractivity contribution in [3.8, 4) is 0 Å². The average Bonchev–Trinajstić information content (AvgIpc) is 2.38. The number of carbonyl (C=O) groups excluding carboxylic acids is 1. The molecule has 1 amide bonds. The van der Waals surface area contributed by atoms with Gasteiger partial charge < -0.3 is 10.6 Å². The zero-order valence-electron chi connectivity index (χ0n) is 10.6. The summed E-state index contributed by atoms with van der Waals surface area (Å²) in [7, 11) is 1.85. The van der Waals surface area contributed by atoms with Crippen LogP contribution in [0, 0.1) is 6.92 Å². The van der Waals surface area contributed by atoms with Gasteiger partial charge in [0.2, 0.25) is 5.91 Å². The lowest BCUT2D eigenvalue weighted by atomic mass is 10.1. The minimum Gasteiger partial charge on any atom is -0.373 e. The maximum Gasteiger partial charge on any atom is 0.239 e. The monoisotopic (exact) mass is 224 g/mol. The lowest BCUT2D eigenvalue weighted by Crippen LogP contribution is -2.43. The van der Waals surface area contributed by atoms with E-state index in [1.54, 1.807) is 4.68 Å². The summed E-state index contributed by atoms with van der Waals surface area (Å²) in [6.07, 6.45) is 1.86. The molecule has 1 rings (SSSR count). The van der Waals surface area contributed by atoms with Crippen molar-refractivity contribution in [2.45, 2.75) is 33.2 Å². The van der Waals surface area contributed by atoms with E-state index in [9.17, 15) is 4.79 Å². The highest BCUT2D eigenvalue weighted by atomic mass is 16.2. The Kier molecular flexibility index (Phi) is 3.57. The number of rotatable bonds is 3. The molecular weight excluding hydrogens is 204 g/mol. The van der Waals surface area contributed by atoms with Gasteiger partial charge in [0.25, 0.3) is 0 Å². The van der Waals surface area contributed by atoms with E-state index in [2.05, 4.69) is 15.7 Å². The van der Waals surface area contributed by atoms with Gasteiger partial charge in [-0.3, -0.25) is 9.48 Å². The number of anilines is 1. The Hall–Kier alpha value is -1.52. The van der Waals surface area contributed by atoms with Gasteiger partial charge in [-0.1, -0.05) is 0 Å². The molecule has 1 heterocycles. The minimum atomic E-state index is -0.192. The second-order valence-electron chi connectivity index (χ2n) is 4.95. The number of nitrogens with one attached hydrogen (secondary N) is 2. The van der Waals surface area contributed by atoms with Gasteiger partial charge in [0.15, 0.2) is 0 Å². The highest BCUT2D eigenvalue weighted by molar-refractivity contribution is 5.81. The first-order chi connectivity index (χ1) is 7.28. The fourth-order valence-electron chi connectivity index (χ4n) is 1.41. The van der Waals surface area contributed by atoms with E-state index >= 15 is 0 Å². The molecular formula is C11H20N4O. The number of aromatic nitrogens is 2. The molecule has 1 aromatic heterocycles. The van der Waals surface area contributed by atoms with E-state index in [0.29, 0.717) is 0 Å². The van der Waals surface area contributed by atoms with Crippen molar-refractivity contribution in [3.63, 3.8) is 0 Å². The second kappa shape index (κ2) is 4.55. The van der Waals surface area contributed by atoms with Gasteiger partial charge in [0.05, 0.1) is 17.9 Å². The molecule has 0 radical (unpaired) electrons. The number of nitrogens with zero attached hydrogens (tertiary/aromatic N) is 2. The van der Waals surface area contributed by atoms with Crippen LogP contribution in [0.1, 0.15) is 26.5 Å². The van der Waals surface area contributed by atoms with Gasteiger partial charge >= 0.3 is 0 Å². The molecule has 0 spiro atoms. The molecule has 5 heteroatoms. The Morgan fingerprint density at radius 1 is 1.50 bits per heavy atom. The molecule has 0 aliphatic rings. The summed E-state index contributed by atoms with van der Waals surface area (Å²) in [5.74, 6) is -0.0178. The fraction of sp³-hybridized carbons (Fsp3) is 0.636. The molecule has 16 heavy (non-hydrogen) atoms. The van der Waals surface area contributed by atoms with Crippen LogP contribution in [0.15, 0.2) is 6.20 Å². The van der Waals surface area contributed by atoms with Crippen LogP contribution in [0.4, 0.5) is 5.69 Å². The molecule has 0 aliphatic heterocycles. The van der Waals surface area contributed by atoms with E-state index in [4.69, 9.17) is 0 Å². The van der Waals surface area contributed by atoms with E-state index in [1.807, 2.05) is 40.9 Å². The van der Waals surface area contributed by atoms with Crippen LogP contribution >= 0.6 is 0 Å². The third-order valence-corrected chi connectivity index (χ3v) is 1.97. The second-order valence-corrected chi connectivity index (χ2v) is 4.95. The lowest BCUT2D eigenvalue weighted by Gasteiger charge is -2.20. The molecule has 0 fully saturated rings. The van der Waals surface area contributed by atoms with Gasteiger partial charge in [-0.25, -0.2) is 0 Å². The van der Waals surface area contributed by atoms with Crippen molar-refractivity contribution < 1.29 is 4.79 Å². The quantitative estimate of drug-likeness (QED) is 0.807. The number of carbonyl (C=O) groups is 1. The summed E-state index contributed by atoms with van der Waals surface area (Å²) in [6, 6.07) is 0. The zero-order valence-corrected chi connectivity index (χ0v) is 10.6. The number of aryl methyl sites for hydroxylation is 2. The van der Waals surface area contributed by atoms with Gasteiger partial charge in [-0.2, -0.15) is 5.10 Å². The Bertz CT molecular complexity index is 376. The van der Waals surface area contributed by atoms with Crippen LogP contribution in [-0.2, 0) is 11.8 Å². The predicted molar refractivity (Wildman–Crippen MR) is 64.3 cm³/mol. The SMILES string of the molecule is Cc1nn(C)cc1NCC(=O)NC(C)(C)C. The Balaban J connectivity index is 2.46. The average molecular weight is 224 g/mol. The molecule has 0 atom stereocenters. The summed E-state index contributed by atoms with van der Waals surface area (Å²) in [6.45, 7) is 8.05. The molecule has 90 valence electrons. The first kappa shape index (κ1) is 12.5. The van der Waals surface area contributed by atoms with Crippen LogP contribution in [0.25, 0.3) is 0 Å². The number of hydrogen-bond acceptors (Lipinski definition) is 3. The van der Waals surface area contributed by atoms with Gasteiger partial charge in [0, 0.05) is 18.8 Å². The van der Waals surface area contributed by atoms with E-state index in [-0.39, 0.29) is 18.0 Å². The van der Waals surface area contributed by atoms with Crippen molar-refractivity contribution in [2.75, 3.05) is 11.9 Å². The zero-order chi connectivity index (χ0) is 12.3.